The van der Waals surface area contributed by atoms with Crippen LogP contribution < -0.4 is 4.74 Å². The lowest BCUT2D eigenvalue weighted by molar-refractivity contribution is 0.103. The molecule has 1 aromatic heterocycles. The van der Waals surface area contributed by atoms with Crippen molar-refractivity contribution in [1.29, 1.82) is 0 Å². The number of hydrogen-bond acceptors (Lipinski definition) is 3. The topological polar surface area (TPSA) is 39.2 Å². The van der Waals surface area contributed by atoms with Crippen molar-refractivity contribution in [2.75, 3.05) is 6.61 Å². The average Bonchev–Trinajstić information content (AvgIpc) is 3.01. The summed E-state index contributed by atoms with van der Waals surface area (Å²) in [6.45, 7) is 0.703. The Bertz CT molecular complexity index is 855. The summed E-state index contributed by atoms with van der Waals surface area (Å²) in [6.07, 6.45) is 2.63. The maximum atomic E-state index is 12.6. The molecular weight excluding hydrogens is 262 g/mol. The van der Waals surface area contributed by atoms with E-state index >= 15 is 0 Å². The molecule has 3 nitrogen and oxygen atoms in total. The van der Waals surface area contributed by atoms with Gasteiger partial charge in [0.1, 0.15) is 5.75 Å². The first-order valence-electron chi connectivity index (χ1n) is 6.96. The lowest BCUT2D eigenvalue weighted by atomic mass is 9.99. The van der Waals surface area contributed by atoms with Crippen molar-refractivity contribution in [2.45, 2.75) is 6.42 Å². The van der Waals surface area contributed by atoms with Gasteiger partial charge >= 0.3 is 0 Å². The quantitative estimate of drug-likeness (QED) is 0.673. The van der Waals surface area contributed by atoms with E-state index < -0.39 is 0 Å². The fourth-order valence-corrected chi connectivity index (χ4v) is 2.71. The molecular formula is C18H13NO2. The molecule has 102 valence electrons. The Morgan fingerprint density at radius 3 is 2.86 bits per heavy atom. The van der Waals surface area contributed by atoms with E-state index in [1.165, 1.54) is 0 Å². The standard InChI is InChI=1S/C18H13NO2/c20-18(15-4-6-17-13(11-15)7-9-21-17)14-3-5-16-12(10-14)2-1-8-19-16/h1-6,8,10-11H,7,9H2. The van der Waals surface area contributed by atoms with Gasteiger partial charge in [0.25, 0.3) is 0 Å². The van der Waals surface area contributed by atoms with E-state index in [2.05, 4.69) is 4.98 Å². The summed E-state index contributed by atoms with van der Waals surface area (Å²) < 4.78 is 5.48. The normalized spacial score (nSPS) is 13.0. The van der Waals surface area contributed by atoms with Crippen LogP contribution in [-0.4, -0.2) is 17.4 Å². The van der Waals surface area contributed by atoms with Crippen molar-refractivity contribution in [3.8, 4) is 5.75 Å². The van der Waals surface area contributed by atoms with Crippen LogP contribution in [0.3, 0.4) is 0 Å². The van der Waals surface area contributed by atoms with E-state index in [0.717, 1.165) is 28.6 Å². The zero-order valence-electron chi connectivity index (χ0n) is 11.4. The third kappa shape index (κ3) is 2.07. The minimum absolute atomic E-state index is 0.0375. The molecule has 3 aromatic rings. The number of ether oxygens (including phenoxy) is 1. The number of nitrogens with zero attached hydrogens (tertiary/aromatic N) is 1. The number of hydrogen-bond donors (Lipinski definition) is 0. The zero-order chi connectivity index (χ0) is 14.2. The summed E-state index contributed by atoms with van der Waals surface area (Å²) in [4.78, 5) is 16.9. The first-order chi connectivity index (χ1) is 10.3. The fraction of sp³-hybridized carbons (Fsp3) is 0.111. The number of aromatic nitrogens is 1. The van der Waals surface area contributed by atoms with Crippen LogP contribution in [0.1, 0.15) is 21.5 Å². The summed E-state index contributed by atoms with van der Waals surface area (Å²) >= 11 is 0. The van der Waals surface area contributed by atoms with Crippen molar-refractivity contribution in [3.63, 3.8) is 0 Å². The molecule has 4 rings (SSSR count). The Morgan fingerprint density at radius 1 is 1.05 bits per heavy atom. The first kappa shape index (κ1) is 12.1. The largest absolute Gasteiger partial charge is 0.493 e. The molecule has 1 aliphatic heterocycles. The molecule has 3 heteroatoms. The van der Waals surface area contributed by atoms with Gasteiger partial charge in [0, 0.05) is 29.1 Å². The summed E-state index contributed by atoms with van der Waals surface area (Å²) in [5, 5.41) is 0.979. The molecule has 0 fully saturated rings. The molecule has 1 aliphatic rings. The highest BCUT2D eigenvalue weighted by Gasteiger charge is 2.16. The van der Waals surface area contributed by atoms with Gasteiger partial charge in [-0.2, -0.15) is 0 Å². The second kappa shape index (κ2) is 4.70. The molecule has 0 amide bonds. The highest BCUT2D eigenvalue weighted by atomic mass is 16.5. The van der Waals surface area contributed by atoms with Gasteiger partial charge in [-0.1, -0.05) is 6.07 Å². The van der Waals surface area contributed by atoms with E-state index in [0.29, 0.717) is 17.7 Å². The van der Waals surface area contributed by atoms with Gasteiger partial charge in [-0.25, -0.2) is 0 Å². The van der Waals surface area contributed by atoms with Gasteiger partial charge in [-0.05, 0) is 48.0 Å². The van der Waals surface area contributed by atoms with Crippen LogP contribution in [-0.2, 0) is 6.42 Å². The molecule has 0 bridgehead atoms. The van der Waals surface area contributed by atoms with Crippen LogP contribution in [0.4, 0.5) is 0 Å². The van der Waals surface area contributed by atoms with Gasteiger partial charge in [-0.3, -0.25) is 9.78 Å². The molecule has 21 heavy (non-hydrogen) atoms. The Labute approximate surface area is 122 Å². The van der Waals surface area contributed by atoms with Crippen LogP contribution in [0.25, 0.3) is 10.9 Å². The maximum Gasteiger partial charge on any atom is 0.193 e. The van der Waals surface area contributed by atoms with E-state index in [9.17, 15) is 4.79 Å². The van der Waals surface area contributed by atoms with E-state index in [4.69, 9.17) is 4.74 Å². The van der Waals surface area contributed by atoms with Crippen molar-refractivity contribution in [2.24, 2.45) is 0 Å². The Balaban J connectivity index is 1.75. The number of rotatable bonds is 2. The van der Waals surface area contributed by atoms with Gasteiger partial charge in [0.15, 0.2) is 5.78 Å². The molecule has 0 unspecified atom stereocenters. The molecule has 0 N–H and O–H groups in total. The van der Waals surface area contributed by atoms with E-state index in [1.54, 1.807) is 6.20 Å². The highest BCUT2D eigenvalue weighted by Crippen LogP contribution is 2.27. The molecule has 0 aliphatic carbocycles. The molecule has 0 saturated heterocycles. The summed E-state index contributed by atoms with van der Waals surface area (Å²) in [5.41, 5.74) is 3.41. The maximum absolute atomic E-state index is 12.6. The monoisotopic (exact) mass is 275 g/mol. The van der Waals surface area contributed by atoms with Crippen molar-refractivity contribution < 1.29 is 9.53 Å². The van der Waals surface area contributed by atoms with E-state index in [-0.39, 0.29) is 5.78 Å². The van der Waals surface area contributed by atoms with Crippen molar-refractivity contribution in [1.82, 2.24) is 4.98 Å². The van der Waals surface area contributed by atoms with Crippen LogP contribution in [0, 0.1) is 0 Å². The highest BCUT2D eigenvalue weighted by molar-refractivity contribution is 6.10. The number of carbonyl (C=O) groups is 1. The first-order valence-corrected chi connectivity index (χ1v) is 6.96. The van der Waals surface area contributed by atoms with Crippen molar-refractivity contribution in [3.05, 3.63) is 71.4 Å². The minimum atomic E-state index is 0.0375. The van der Waals surface area contributed by atoms with Gasteiger partial charge in [0.2, 0.25) is 0 Å². The average molecular weight is 275 g/mol. The molecule has 2 heterocycles. The Morgan fingerprint density at radius 2 is 1.90 bits per heavy atom. The lowest BCUT2D eigenvalue weighted by Gasteiger charge is -2.05. The molecule has 0 atom stereocenters. The number of pyridine rings is 1. The SMILES string of the molecule is O=C(c1ccc2c(c1)CCO2)c1ccc2ncccc2c1. The van der Waals surface area contributed by atoms with E-state index in [1.807, 2.05) is 48.5 Å². The number of benzene rings is 2. The van der Waals surface area contributed by atoms with Crippen LogP contribution in [0.2, 0.25) is 0 Å². The van der Waals surface area contributed by atoms with Crippen LogP contribution in [0.15, 0.2) is 54.7 Å². The zero-order valence-corrected chi connectivity index (χ0v) is 11.4. The summed E-state index contributed by atoms with van der Waals surface area (Å²) in [7, 11) is 0. The van der Waals surface area contributed by atoms with Crippen molar-refractivity contribution >= 4 is 16.7 Å². The fourth-order valence-electron chi connectivity index (χ4n) is 2.71. The van der Waals surface area contributed by atoms with Gasteiger partial charge in [-0.15, -0.1) is 0 Å². The van der Waals surface area contributed by atoms with Crippen LogP contribution in [0.5, 0.6) is 5.75 Å². The number of carbonyl (C=O) groups excluding carboxylic acids is 1. The second-order valence-corrected chi connectivity index (χ2v) is 5.16. The van der Waals surface area contributed by atoms with Gasteiger partial charge < -0.3 is 4.74 Å². The predicted molar refractivity (Wildman–Crippen MR) is 80.8 cm³/mol. The number of fused-ring (bicyclic) bond motifs is 2. The third-order valence-electron chi connectivity index (χ3n) is 3.82. The number of ketones is 1. The molecule has 0 spiro atoms. The Hall–Kier alpha value is -2.68. The lowest BCUT2D eigenvalue weighted by Crippen LogP contribution is -2.01. The molecule has 2 aromatic carbocycles. The smallest absolute Gasteiger partial charge is 0.193 e. The summed E-state index contributed by atoms with van der Waals surface area (Å²) in [5.74, 6) is 0.935. The molecule has 0 saturated carbocycles. The van der Waals surface area contributed by atoms with Gasteiger partial charge in [0.05, 0.1) is 12.1 Å². The molecule has 0 radical (unpaired) electrons. The third-order valence-corrected chi connectivity index (χ3v) is 3.82. The Kier molecular flexibility index (Phi) is 2.71. The minimum Gasteiger partial charge on any atom is -0.493 e. The summed E-state index contributed by atoms with van der Waals surface area (Å²) in [6, 6.07) is 15.1. The van der Waals surface area contributed by atoms with Crippen LogP contribution >= 0.6 is 0 Å². The second-order valence-electron chi connectivity index (χ2n) is 5.16. The predicted octanol–water partition coefficient (Wildman–Crippen LogP) is 3.40.